The first-order valence-corrected chi connectivity index (χ1v) is 7.42. The minimum Gasteiger partial charge on any atom is -0.371 e. The summed E-state index contributed by atoms with van der Waals surface area (Å²) in [5.41, 5.74) is 2.24. The number of hydrogen-bond acceptors (Lipinski definition) is 4. The highest BCUT2D eigenvalue weighted by atomic mass is 16.6. The molecule has 0 heterocycles. The van der Waals surface area contributed by atoms with Crippen molar-refractivity contribution >= 4 is 0 Å². The normalized spacial score (nSPS) is 13.7. The van der Waals surface area contributed by atoms with E-state index in [0.29, 0.717) is 19.8 Å². The quantitative estimate of drug-likeness (QED) is 0.723. The van der Waals surface area contributed by atoms with E-state index in [1.807, 2.05) is 67.6 Å². The first-order chi connectivity index (χ1) is 10.8. The summed E-state index contributed by atoms with van der Waals surface area (Å²) in [6.07, 6.45) is -0.332. The number of ether oxygens (including phenoxy) is 2. The molecule has 0 fully saturated rings. The Morgan fingerprint density at radius 3 is 1.82 bits per heavy atom. The topological polar surface area (TPSA) is 53.7 Å². The van der Waals surface area contributed by atoms with Gasteiger partial charge in [-0.2, -0.15) is 0 Å². The van der Waals surface area contributed by atoms with Crippen LogP contribution in [0.1, 0.15) is 18.1 Å². The van der Waals surface area contributed by atoms with Gasteiger partial charge in [-0.3, -0.25) is 0 Å². The molecule has 4 nitrogen and oxygen atoms in total. The van der Waals surface area contributed by atoms with Crippen LogP contribution in [0.3, 0.4) is 0 Å². The van der Waals surface area contributed by atoms with Crippen LogP contribution in [0.5, 0.6) is 0 Å². The molecule has 2 rings (SSSR count). The zero-order chi connectivity index (χ0) is 15.6. The summed E-state index contributed by atoms with van der Waals surface area (Å²) >= 11 is 0. The lowest BCUT2D eigenvalue weighted by Gasteiger charge is -2.24. The molecule has 0 aromatic heterocycles. The zero-order valence-corrected chi connectivity index (χ0v) is 12.9. The lowest BCUT2D eigenvalue weighted by Crippen LogP contribution is -2.34. The van der Waals surface area contributed by atoms with Gasteiger partial charge in [-0.1, -0.05) is 60.7 Å². The van der Waals surface area contributed by atoms with Gasteiger partial charge in [-0.25, -0.2) is 5.90 Å². The van der Waals surface area contributed by atoms with Gasteiger partial charge in [0, 0.05) is 0 Å². The van der Waals surface area contributed by atoms with Crippen molar-refractivity contribution in [1.29, 1.82) is 0 Å². The molecule has 2 N–H and O–H groups in total. The molecule has 0 aliphatic heterocycles. The van der Waals surface area contributed by atoms with Crippen molar-refractivity contribution in [3.63, 3.8) is 0 Å². The van der Waals surface area contributed by atoms with Crippen LogP contribution in [-0.4, -0.2) is 18.8 Å². The first kappa shape index (κ1) is 16.6. The largest absolute Gasteiger partial charge is 0.371 e. The average Bonchev–Trinajstić information content (AvgIpc) is 2.58. The molecule has 22 heavy (non-hydrogen) atoms. The monoisotopic (exact) mass is 301 g/mol. The zero-order valence-electron chi connectivity index (χ0n) is 12.9. The molecule has 2 aromatic carbocycles. The Bertz CT molecular complexity index is 518. The lowest BCUT2D eigenvalue weighted by atomic mass is 10.2. The fraction of sp³-hybridized carbons (Fsp3) is 0.333. The van der Waals surface area contributed by atoms with E-state index in [0.717, 1.165) is 11.1 Å². The van der Waals surface area contributed by atoms with E-state index < -0.39 is 0 Å². The Morgan fingerprint density at radius 1 is 0.818 bits per heavy atom. The molecular weight excluding hydrogens is 278 g/mol. The van der Waals surface area contributed by atoms with E-state index in [1.54, 1.807) is 0 Å². The summed E-state index contributed by atoms with van der Waals surface area (Å²) in [6, 6.07) is 20.1. The van der Waals surface area contributed by atoms with Gasteiger partial charge in [0.15, 0.2) is 0 Å². The van der Waals surface area contributed by atoms with E-state index in [1.165, 1.54) is 0 Å². The van der Waals surface area contributed by atoms with Crippen LogP contribution >= 0.6 is 0 Å². The molecule has 0 aliphatic carbocycles. The van der Waals surface area contributed by atoms with Crippen molar-refractivity contribution in [2.45, 2.75) is 32.3 Å². The van der Waals surface area contributed by atoms with Crippen molar-refractivity contribution in [3.05, 3.63) is 71.8 Å². The van der Waals surface area contributed by atoms with Crippen LogP contribution in [0.2, 0.25) is 0 Å². The molecule has 0 aliphatic rings. The van der Waals surface area contributed by atoms with Crippen LogP contribution < -0.4 is 5.90 Å². The van der Waals surface area contributed by atoms with E-state index in [2.05, 4.69) is 0 Å². The van der Waals surface area contributed by atoms with Gasteiger partial charge in [0.2, 0.25) is 0 Å². The van der Waals surface area contributed by atoms with Gasteiger partial charge in [0.1, 0.15) is 6.10 Å². The predicted octanol–water partition coefficient (Wildman–Crippen LogP) is 3.07. The van der Waals surface area contributed by atoms with Crippen molar-refractivity contribution < 1.29 is 14.3 Å². The summed E-state index contributed by atoms with van der Waals surface area (Å²) in [4.78, 5) is 4.76. The minimum absolute atomic E-state index is 0.118. The average molecular weight is 301 g/mol. The van der Waals surface area contributed by atoms with Gasteiger partial charge in [-0.05, 0) is 18.1 Å². The highest BCUT2D eigenvalue weighted by molar-refractivity contribution is 5.14. The highest BCUT2D eigenvalue weighted by Crippen LogP contribution is 2.11. The Kier molecular flexibility index (Phi) is 7.06. The third-order valence-electron chi connectivity index (χ3n) is 3.45. The summed E-state index contributed by atoms with van der Waals surface area (Å²) in [6.45, 7) is 3.31. The Hall–Kier alpha value is -1.72. The predicted molar refractivity (Wildman–Crippen MR) is 85.9 cm³/mol. The second-order valence-corrected chi connectivity index (χ2v) is 5.17. The molecule has 0 radical (unpaired) electrons. The molecule has 0 unspecified atom stereocenters. The van der Waals surface area contributed by atoms with Crippen LogP contribution in [0.15, 0.2) is 60.7 Å². The third kappa shape index (κ3) is 5.58. The maximum Gasteiger partial charge on any atom is 0.109 e. The van der Waals surface area contributed by atoms with E-state index in [-0.39, 0.29) is 12.2 Å². The van der Waals surface area contributed by atoms with Crippen molar-refractivity contribution in [2.75, 3.05) is 6.61 Å². The molecule has 0 saturated carbocycles. The van der Waals surface area contributed by atoms with E-state index in [4.69, 9.17) is 20.2 Å². The lowest BCUT2D eigenvalue weighted by molar-refractivity contribution is -0.108. The minimum atomic E-state index is -0.214. The highest BCUT2D eigenvalue weighted by Gasteiger charge is 2.19. The number of hydrogen-bond donors (Lipinski definition) is 1. The Balaban J connectivity index is 1.83. The summed E-state index contributed by atoms with van der Waals surface area (Å²) in [5.74, 6) is 5.21. The second-order valence-electron chi connectivity index (χ2n) is 5.17. The maximum atomic E-state index is 5.89. The van der Waals surface area contributed by atoms with E-state index >= 15 is 0 Å². The molecule has 0 bridgehead atoms. The standard InChI is InChI=1S/C18H23NO3/c1-15(20-12-16-8-4-2-5-9-16)18(14-22-19)21-13-17-10-6-3-7-11-17/h2-11,15,18H,12-14,19H2,1H3/t15-,18+/m0/s1. The number of benzene rings is 2. The molecule has 118 valence electrons. The summed E-state index contributed by atoms with van der Waals surface area (Å²) < 4.78 is 11.8. The van der Waals surface area contributed by atoms with Gasteiger partial charge in [-0.15, -0.1) is 0 Å². The summed E-state index contributed by atoms with van der Waals surface area (Å²) in [7, 11) is 0. The SMILES string of the molecule is C[C@H](OCc1ccccc1)[C@@H](CON)OCc1ccccc1. The molecule has 0 saturated heterocycles. The number of rotatable bonds is 9. The van der Waals surface area contributed by atoms with Crippen LogP contribution in [0.4, 0.5) is 0 Å². The van der Waals surface area contributed by atoms with Crippen molar-refractivity contribution in [1.82, 2.24) is 0 Å². The molecule has 0 spiro atoms. The van der Waals surface area contributed by atoms with Crippen LogP contribution in [0, 0.1) is 0 Å². The molecule has 2 aromatic rings. The van der Waals surface area contributed by atoms with E-state index in [9.17, 15) is 0 Å². The molecular formula is C18H23NO3. The summed E-state index contributed by atoms with van der Waals surface area (Å²) in [5, 5.41) is 0. The fourth-order valence-corrected chi connectivity index (χ4v) is 2.10. The smallest absolute Gasteiger partial charge is 0.109 e. The van der Waals surface area contributed by atoms with Gasteiger partial charge < -0.3 is 14.3 Å². The Labute approximate surface area is 131 Å². The third-order valence-corrected chi connectivity index (χ3v) is 3.45. The molecule has 0 amide bonds. The molecule has 2 atom stereocenters. The van der Waals surface area contributed by atoms with Gasteiger partial charge in [0.25, 0.3) is 0 Å². The Morgan fingerprint density at radius 2 is 1.32 bits per heavy atom. The second kappa shape index (κ2) is 9.33. The first-order valence-electron chi connectivity index (χ1n) is 7.42. The van der Waals surface area contributed by atoms with Gasteiger partial charge >= 0.3 is 0 Å². The molecule has 4 heteroatoms. The van der Waals surface area contributed by atoms with Gasteiger partial charge in [0.05, 0.1) is 25.9 Å². The van der Waals surface area contributed by atoms with Crippen LogP contribution in [-0.2, 0) is 27.5 Å². The van der Waals surface area contributed by atoms with Crippen molar-refractivity contribution in [2.24, 2.45) is 5.90 Å². The maximum absolute atomic E-state index is 5.89. The number of nitrogens with two attached hydrogens (primary N) is 1. The van der Waals surface area contributed by atoms with Crippen molar-refractivity contribution in [3.8, 4) is 0 Å². The fourth-order valence-electron chi connectivity index (χ4n) is 2.10. The van der Waals surface area contributed by atoms with Crippen LogP contribution in [0.25, 0.3) is 0 Å².